The highest BCUT2D eigenvalue weighted by Crippen LogP contribution is 2.24. The molecule has 1 aromatic heterocycles. The van der Waals surface area contributed by atoms with Crippen LogP contribution in [0.1, 0.15) is 25.0 Å². The Morgan fingerprint density at radius 3 is 2.96 bits per heavy atom. The van der Waals surface area contributed by atoms with Gasteiger partial charge in [-0.1, -0.05) is 19.1 Å². The largest absolute Gasteiger partial charge is 0.469 e. The first-order valence-corrected chi connectivity index (χ1v) is 9.71. The molecule has 0 aliphatic carbocycles. The van der Waals surface area contributed by atoms with Gasteiger partial charge >= 0.3 is 5.97 Å². The normalized spacial score (nSPS) is 20.3. The third kappa shape index (κ3) is 4.26. The van der Waals surface area contributed by atoms with Crippen LogP contribution in [0.4, 0.5) is 0 Å². The van der Waals surface area contributed by atoms with Gasteiger partial charge in [-0.15, -0.1) is 0 Å². The summed E-state index contributed by atoms with van der Waals surface area (Å²) in [7, 11) is 1.46. The third-order valence-corrected chi connectivity index (χ3v) is 5.32. The summed E-state index contributed by atoms with van der Waals surface area (Å²) in [6, 6.07) is 6.49. The number of carbonyl (C=O) groups is 1. The predicted molar refractivity (Wildman–Crippen MR) is 109 cm³/mol. The van der Waals surface area contributed by atoms with Gasteiger partial charge in [-0.05, 0) is 43.4 Å². The molecule has 1 aliphatic heterocycles. The number of H-pyrrole nitrogens is 1. The third-order valence-electron chi connectivity index (χ3n) is 5.32. The van der Waals surface area contributed by atoms with E-state index < -0.39 is 0 Å². The maximum absolute atomic E-state index is 12.0. The number of hydrogen-bond donors (Lipinski definition) is 2. The topological polar surface area (TPSA) is 69.7 Å². The van der Waals surface area contributed by atoms with Gasteiger partial charge in [-0.3, -0.25) is 9.79 Å². The summed E-state index contributed by atoms with van der Waals surface area (Å²) in [6.07, 6.45) is 2.96. The first-order valence-electron chi connectivity index (χ1n) is 9.71. The van der Waals surface area contributed by atoms with Crippen LogP contribution in [-0.2, 0) is 16.0 Å². The average molecular weight is 370 g/mol. The molecule has 6 nitrogen and oxygen atoms in total. The molecule has 2 unspecified atom stereocenters. The molecule has 0 spiro atoms. The van der Waals surface area contributed by atoms with E-state index in [2.05, 4.69) is 60.4 Å². The smallest absolute Gasteiger partial charge is 0.310 e. The fourth-order valence-electron chi connectivity index (χ4n) is 3.81. The lowest BCUT2D eigenvalue weighted by Crippen LogP contribution is -2.40. The van der Waals surface area contributed by atoms with Gasteiger partial charge in [0, 0.05) is 43.3 Å². The molecule has 6 heteroatoms. The number of ether oxygens (including phenoxy) is 1. The number of aryl methyl sites for hydroxylation is 1. The van der Waals surface area contributed by atoms with Crippen LogP contribution in [0.3, 0.4) is 0 Å². The number of methoxy groups -OCH3 is 1. The molecule has 0 bridgehead atoms. The van der Waals surface area contributed by atoms with Gasteiger partial charge in [-0.25, -0.2) is 0 Å². The molecule has 27 heavy (non-hydrogen) atoms. The number of rotatable bonds is 5. The molecule has 2 heterocycles. The Morgan fingerprint density at radius 2 is 2.22 bits per heavy atom. The molecule has 2 aromatic rings. The molecule has 1 aliphatic rings. The standard InChI is InChI=1S/C21H30N4O2/c1-5-22-21(25-12-15(3)18(13-25)20(26)27-4)23-9-8-16-11-24-19-10-14(2)6-7-17(16)19/h6-7,10-11,15,18,24H,5,8-9,12-13H2,1-4H3,(H,22,23). The summed E-state index contributed by atoms with van der Waals surface area (Å²) in [5.41, 5.74) is 3.72. The van der Waals surface area contributed by atoms with E-state index in [4.69, 9.17) is 9.73 Å². The van der Waals surface area contributed by atoms with Gasteiger partial charge in [0.05, 0.1) is 13.0 Å². The lowest BCUT2D eigenvalue weighted by molar-refractivity contribution is -0.145. The van der Waals surface area contributed by atoms with Gasteiger partial charge < -0.3 is 19.9 Å². The monoisotopic (exact) mass is 370 g/mol. The van der Waals surface area contributed by atoms with Gasteiger partial charge in [0.25, 0.3) is 0 Å². The first kappa shape index (κ1) is 19.3. The Kier molecular flexibility index (Phi) is 6.04. The molecular weight excluding hydrogens is 340 g/mol. The minimum atomic E-state index is -0.130. The van der Waals surface area contributed by atoms with Gasteiger partial charge in [0.2, 0.25) is 0 Å². The van der Waals surface area contributed by atoms with Crippen molar-refractivity contribution in [2.45, 2.75) is 27.2 Å². The summed E-state index contributed by atoms with van der Waals surface area (Å²) in [5.74, 6) is 0.926. The molecule has 0 radical (unpaired) electrons. The van der Waals surface area contributed by atoms with Crippen LogP contribution in [0, 0.1) is 18.8 Å². The molecule has 2 N–H and O–H groups in total. The number of aliphatic imine (C=N–C) groups is 1. The van der Waals surface area contributed by atoms with Gasteiger partial charge in [0.1, 0.15) is 0 Å². The van der Waals surface area contributed by atoms with E-state index in [-0.39, 0.29) is 17.8 Å². The van der Waals surface area contributed by atoms with E-state index in [0.717, 1.165) is 25.5 Å². The molecule has 146 valence electrons. The number of esters is 1. The fourth-order valence-corrected chi connectivity index (χ4v) is 3.81. The zero-order valence-electron chi connectivity index (χ0n) is 16.7. The summed E-state index contributed by atoms with van der Waals surface area (Å²) in [5, 5.41) is 4.63. The zero-order chi connectivity index (χ0) is 19.4. The SMILES string of the molecule is CCNC(=NCCc1c[nH]c2cc(C)ccc12)N1CC(C)C(C(=O)OC)C1. The number of hydrogen-bond acceptors (Lipinski definition) is 3. The Hall–Kier alpha value is -2.50. The number of nitrogens with zero attached hydrogens (tertiary/aromatic N) is 2. The highest BCUT2D eigenvalue weighted by Gasteiger charge is 2.36. The lowest BCUT2D eigenvalue weighted by atomic mass is 9.99. The van der Waals surface area contributed by atoms with Crippen LogP contribution in [0.5, 0.6) is 0 Å². The molecule has 3 rings (SSSR count). The Balaban J connectivity index is 1.68. The summed E-state index contributed by atoms with van der Waals surface area (Å²) < 4.78 is 4.94. The minimum absolute atomic E-state index is 0.0873. The van der Waals surface area contributed by atoms with Gasteiger partial charge in [-0.2, -0.15) is 0 Å². The Bertz CT molecular complexity index is 827. The van der Waals surface area contributed by atoms with Crippen LogP contribution in [0.2, 0.25) is 0 Å². The molecular formula is C21H30N4O2. The number of benzene rings is 1. The molecule has 1 fully saturated rings. The van der Waals surface area contributed by atoms with Crippen molar-refractivity contribution >= 4 is 22.8 Å². The van der Waals surface area contributed by atoms with Crippen LogP contribution in [0.15, 0.2) is 29.4 Å². The van der Waals surface area contributed by atoms with Crippen molar-refractivity contribution in [1.82, 2.24) is 15.2 Å². The van der Waals surface area contributed by atoms with Crippen molar-refractivity contribution in [3.8, 4) is 0 Å². The minimum Gasteiger partial charge on any atom is -0.469 e. The van der Waals surface area contributed by atoms with Crippen LogP contribution >= 0.6 is 0 Å². The molecule has 0 amide bonds. The fraction of sp³-hybridized carbons (Fsp3) is 0.524. The predicted octanol–water partition coefficient (Wildman–Crippen LogP) is 2.73. The van der Waals surface area contributed by atoms with Crippen LogP contribution in [-0.4, -0.2) is 55.1 Å². The number of carbonyl (C=O) groups excluding carboxylic acids is 1. The van der Waals surface area contributed by atoms with E-state index in [1.165, 1.54) is 29.1 Å². The van der Waals surface area contributed by atoms with Crippen LogP contribution < -0.4 is 5.32 Å². The van der Waals surface area contributed by atoms with E-state index in [0.29, 0.717) is 13.1 Å². The second kappa shape index (κ2) is 8.46. The number of nitrogens with one attached hydrogen (secondary N) is 2. The highest BCUT2D eigenvalue weighted by atomic mass is 16.5. The second-order valence-corrected chi connectivity index (χ2v) is 7.36. The summed E-state index contributed by atoms with van der Waals surface area (Å²) >= 11 is 0. The Morgan fingerprint density at radius 1 is 1.41 bits per heavy atom. The number of fused-ring (bicyclic) bond motifs is 1. The number of guanidine groups is 1. The van der Waals surface area contributed by atoms with Crippen molar-refractivity contribution in [3.63, 3.8) is 0 Å². The maximum Gasteiger partial charge on any atom is 0.310 e. The quantitative estimate of drug-likeness (QED) is 0.482. The van der Waals surface area contributed by atoms with Crippen molar-refractivity contribution in [2.24, 2.45) is 16.8 Å². The number of aromatic nitrogens is 1. The molecule has 0 saturated carbocycles. The summed E-state index contributed by atoms with van der Waals surface area (Å²) in [4.78, 5) is 22.3. The van der Waals surface area contributed by atoms with Gasteiger partial charge in [0.15, 0.2) is 5.96 Å². The maximum atomic E-state index is 12.0. The van der Waals surface area contributed by atoms with E-state index in [9.17, 15) is 4.79 Å². The summed E-state index contributed by atoms with van der Waals surface area (Å²) in [6.45, 7) is 9.25. The van der Waals surface area contributed by atoms with E-state index in [1.54, 1.807) is 0 Å². The molecule has 1 saturated heterocycles. The lowest BCUT2D eigenvalue weighted by Gasteiger charge is -2.21. The van der Waals surface area contributed by atoms with Crippen molar-refractivity contribution < 1.29 is 9.53 Å². The highest BCUT2D eigenvalue weighted by molar-refractivity contribution is 5.84. The van der Waals surface area contributed by atoms with Crippen molar-refractivity contribution in [3.05, 3.63) is 35.5 Å². The number of aromatic amines is 1. The van der Waals surface area contributed by atoms with E-state index in [1.807, 2.05) is 0 Å². The van der Waals surface area contributed by atoms with Crippen molar-refractivity contribution in [1.29, 1.82) is 0 Å². The first-order chi connectivity index (χ1) is 13.0. The molecule has 2 atom stereocenters. The Labute approximate surface area is 161 Å². The van der Waals surface area contributed by atoms with Crippen LogP contribution in [0.25, 0.3) is 10.9 Å². The number of likely N-dealkylation sites (tertiary alicyclic amines) is 1. The van der Waals surface area contributed by atoms with E-state index >= 15 is 0 Å². The average Bonchev–Trinajstić information content (AvgIpc) is 3.23. The second-order valence-electron chi connectivity index (χ2n) is 7.36. The molecule has 1 aromatic carbocycles. The van der Waals surface area contributed by atoms with Crippen molar-refractivity contribution in [2.75, 3.05) is 33.3 Å². The zero-order valence-corrected chi connectivity index (χ0v) is 16.7.